The third-order valence-electron chi connectivity index (χ3n) is 4.15. The van der Waals surface area contributed by atoms with E-state index in [2.05, 4.69) is 4.72 Å². The van der Waals surface area contributed by atoms with E-state index < -0.39 is 17.6 Å². The molecule has 3 aromatic rings. The Morgan fingerprint density at radius 2 is 1.82 bits per heavy atom. The maximum atomic E-state index is 11.9. The van der Waals surface area contributed by atoms with Gasteiger partial charge >= 0.3 is 0 Å². The summed E-state index contributed by atoms with van der Waals surface area (Å²) in [5, 5.41) is 21.5. The topological polar surface area (TPSA) is 88.0 Å². The summed E-state index contributed by atoms with van der Waals surface area (Å²) < 4.78 is 25.7. The number of rotatable bonds is 9. The fourth-order valence-corrected chi connectivity index (χ4v) is 3.36. The summed E-state index contributed by atoms with van der Waals surface area (Å²) in [6.07, 6.45) is 0.00514. The first-order valence-electron chi connectivity index (χ1n) is 9.06. The molecular formula is C21H23NO5S. The molecule has 0 saturated heterocycles. The third-order valence-corrected chi connectivity index (χ3v) is 4.93. The number of hydrogen-bond donors (Lipinski definition) is 3. The summed E-state index contributed by atoms with van der Waals surface area (Å²) in [6.45, 7) is 2.40. The van der Waals surface area contributed by atoms with E-state index in [1.54, 1.807) is 12.1 Å². The molecule has 3 aromatic carbocycles. The molecule has 0 fully saturated rings. The lowest BCUT2D eigenvalue weighted by Gasteiger charge is -2.16. The average molecular weight is 401 g/mol. The van der Waals surface area contributed by atoms with Gasteiger partial charge in [-0.1, -0.05) is 49.7 Å². The molecular weight excluding hydrogens is 378 g/mol. The first-order valence-corrected chi connectivity index (χ1v) is 10.1. The second kappa shape index (κ2) is 9.66. The Labute approximate surface area is 166 Å². The van der Waals surface area contributed by atoms with E-state index in [0.717, 1.165) is 23.6 Å². The van der Waals surface area contributed by atoms with Crippen LogP contribution in [0.3, 0.4) is 0 Å². The van der Waals surface area contributed by atoms with E-state index in [-0.39, 0.29) is 5.56 Å². The number of hydrogen-bond acceptors (Lipinski definition) is 5. The van der Waals surface area contributed by atoms with Crippen LogP contribution in [0.4, 0.5) is 5.69 Å². The van der Waals surface area contributed by atoms with E-state index in [9.17, 15) is 14.4 Å². The van der Waals surface area contributed by atoms with Gasteiger partial charge in [0.05, 0.1) is 12.2 Å². The second-order valence-electron chi connectivity index (χ2n) is 6.22. The van der Waals surface area contributed by atoms with Crippen LogP contribution in [-0.4, -0.2) is 21.0 Å². The Bertz CT molecular complexity index is 955. The van der Waals surface area contributed by atoms with Crippen LogP contribution in [0.1, 0.15) is 31.6 Å². The molecule has 0 bridgehead atoms. The standard InChI is InChI=1S/C21H23NO5S/c1-2-3-13-26-28(25)22-16-11-12-20(18(14-16)21(23)24)27-19-10-6-8-15-7-4-5-9-17(15)19/h4-12,14,21-24H,2-3,13H2,1H3. The minimum absolute atomic E-state index is 0.156. The highest BCUT2D eigenvalue weighted by atomic mass is 32.2. The first kappa shape index (κ1) is 20.3. The van der Waals surface area contributed by atoms with Crippen LogP contribution < -0.4 is 9.46 Å². The quantitative estimate of drug-likeness (QED) is 0.365. The van der Waals surface area contributed by atoms with Crippen LogP contribution in [0.5, 0.6) is 11.5 Å². The molecule has 0 amide bonds. The molecule has 1 atom stereocenters. The monoisotopic (exact) mass is 401 g/mol. The molecule has 3 N–H and O–H groups in total. The Kier molecular flexibility index (Phi) is 7.00. The van der Waals surface area contributed by atoms with Crippen LogP contribution in [-0.2, 0) is 15.4 Å². The molecule has 0 heterocycles. The fourth-order valence-electron chi connectivity index (χ4n) is 2.71. The van der Waals surface area contributed by atoms with E-state index in [1.165, 1.54) is 6.07 Å². The van der Waals surface area contributed by atoms with Crippen molar-refractivity contribution < 1.29 is 23.3 Å². The number of benzene rings is 3. The van der Waals surface area contributed by atoms with Crippen molar-refractivity contribution in [3.63, 3.8) is 0 Å². The Hall–Kier alpha value is -2.45. The highest BCUT2D eigenvalue weighted by molar-refractivity contribution is 7.81. The number of unbranched alkanes of at least 4 members (excludes halogenated alkanes) is 1. The zero-order valence-electron chi connectivity index (χ0n) is 15.5. The predicted molar refractivity (Wildman–Crippen MR) is 110 cm³/mol. The number of ether oxygens (including phenoxy) is 1. The molecule has 0 aliphatic heterocycles. The van der Waals surface area contributed by atoms with E-state index >= 15 is 0 Å². The lowest BCUT2D eigenvalue weighted by atomic mass is 10.1. The molecule has 6 nitrogen and oxygen atoms in total. The van der Waals surface area contributed by atoms with Crippen molar-refractivity contribution in [1.82, 2.24) is 0 Å². The lowest BCUT2D eigenvalue weighted by Crippen LogP contribution is -2.10. The third kappa shape index (κ3) is 5.08. The largest absolute Gasteiger partial charge is 0.456 e. The van der Waals surface area contributed by atoms with Crippen molar-refractivity contribution in [1.29, 1.82) is 0 Å². The summed E-state index contributed by atoms with van der Waals surface area (Å²) in [7, 11) is 0. The zero-order valence-corrected chi connectivity index (χ0v) is 16.3. The van der Waals surface area contributed by atoms with Gasteiger partial charge in [-0.25, -0.2) is 4.21 Å². The SMILES string of the molecule is CCCCOS(=O)Nc1ccc(Oc2cccc3ccccc23)c(C(O)O)c1. The molecule has 7 heteroatoms. The van der Waals surface area contributed by atoms with Gasteiger partial charge in [-0.05, 0) is 36.1 Å². The van der Waals surface area contributed by atoms with Gasteiger partial charge in [-0.3, -0.25) is 8.91 Å². The van der Waals surface area contributed by atoms with Crippen molar-refractivity contribution >= 4 is 27.7 Å². The van der Waals surface area contributed by atoms with Crippen molar-refractivity contribution in [3.8, 4) is 11.5 Å². The molecule has 0 aliphatic rings. The van der Waals surface area contributed by atoms with E-state index in [4.69, 9.17) is 8.92 Å². The molecule has 28 heavy (non-hydrogen) atoms. The van der Waals surface area contributed by atoms with Gasteiger partial charge in [-0.2, -0.15) is 0 Å². The molecule has 0 spiro atoms. The maximum Gasteiger partial charge on any atom is 0.261 e. The van der Waals surface area contributed by atoms with Crippen LogP contribution in [0.15, 0.2) is 60.7 Å². The van der Waals surface area contributed by atoms with Crippen LogP contribution in [0, 0.1) is 0 Å². The molecule has 0 aliphatic carbocycles. The van der Waals surface area contributed by atoms with Gasteiger partial charge in [0.25, 0.3) is 11.3 Å². The summed E-state index contributed by atoms with van der Waals surface area (Å²) in [6, 6.07) is 18.2. The Morgan fingerprint density at radius 3 is 2.61 bits per heavy atom. The van der Waals surface area contributed by atoms with Crippen molar-refractivity contribution in [2.24, 2.45) is 0 Å². The second-order valence-corrected chi connectivity index (χ2v) is 7.13. The van der Waals surface area contributed by atoms with Gasteiger partial charge in [0.2, 0.25) is 0 Å². The van der Waals surface area contributed by atoms with E-state index in [0.29, 0.717) is 23.8 Å². The summed E-state index contributed by atoms with van der Waals surface area (Å²) >= 11 is -1.71. The summed E-state index contributed by atoms with van der Waals surface area (Å²) in [5.41, 5.74) is 0.590. The molecule has 0 aromatic heterocycles. The predicted octanol–water partition coefficient (Wildman–Crippen LogP) is 4.42. The Morgan fingerprint density at radius 1 is 1.04 bits per heavy atom. The first-order chi connectivity index (χ1) is 13.6. The van der Waals surface area contributed by atoms with Crippen LogP contribution in [0.2, 0.25) is 0 Å². The molecule has 0 saturated carbocycles. The van der Waals surface area contributed by atoms with Gasteiger partial charge in [-0.15, -0.1) is 0 Å². The Balaban J connectivity index is 1.82. The van der Waals surface area contributed by atoms with Crippen molar-refractivity contribution in [2.45, 2.75) is 26.1 Å². The minimum atomic E-state index is -1.75. The normalized spacial score (nSPS) is 12.3. The average Bonchev–Trinajstić information content (AvgIpc) is 2.69. The lowest BCUT2D eigenvalue weighted by molar-refractivity contribution is -0.0436. The van der Waals surface area contributed by atoms with Gasteiger partial charge < -0.3 is 14.9 Å². The number of aliphatic hydroxyl groups excluding tert-OH is 1. The molecule has 0 radical (unpaired) electrons. The summed E-state index contributed by atoms with van der Waals surface area (Å²) in [5.74, 6) is 0.904. The number of aliphatic hydroxyl groups is 2. The van der Waals surface area contributed by atoms with Crippen molar-refractivity contribution in [2.75, 3.05) is 11.3 Å². The highest BCUT2D eigenvalue weighted by Gasteiger charge is 2.15. The van der Waals surface area contributed by atoms with Gasteiger partial charge in [0.1, 0.15) is 11.5 Å². The maximum absolute atomic E-state index is 11.9. The summed E-state index contributed by atoms with van der Waals surface area (Å²) in [4.78, 5) is 0. The zero-order chi connectivity index (χ0) is 19.9. The number of nitrogens with one attached hydrogen (secondary N) is 1. The molecule has 148 valence electrons. The number of anilines is 1. The fraction of sp³-hybridized carbons (Fsp3) is 0.238. The van der Waals surface area contributed by atoms with Gasteiger partial charge in [0.15, 0.2) is 6.29 Å². The highest BCUT2D eigenvalue weighted by Crippen LogP contribution is 2.34. The van der Waals surface area contributed by atoms with Crippen molar-refractivity contribution in [3.05, 3.63) is 66.2 Å². The molecule has 3 rings (SSSR count). The van der Waals surface area contributed by atoms with E-state index in [1.807, 2.05) is 49.4 Å². The minimum Gasteiger partial charge on any atom is -0.456 e. The van der Waals surface area contributed by atoms with Crippen LogP contribution in [0.25, 0.3) is 10.8 Å². The smallest absolute Gasteiger partial charge is 0.261 e. The van der Waals surface area contributed by atoms with Crippen LogP contribution >= 0.6 is 0 Å². The van der Waals surface area contributed by atoms with Gasteiger partial charge in [0, 0.05) is 11.1 Å². The number of fused-ring (bicyclic) bond motifs is 1. The molecule has 1 unspecified atom stereocenters.